The molecule has 2 aromatic rings. The average molecular weight is 283 g/mol. The van der Waals surface area contributed by atoms with Gasteiger partial charge >= 0.3 is 0 Å². The highest BCUT2D eigenvalue weighted by Gasteiger charge is 2.09. The van der Waals surface area contributed by atoms with Gasteiger partial charge in [-0.3, -0.25) is 0 Å². The topological polar surface area (TPSA) is 51.8 Å². The summed E-state index contributed by atoms with van der Waals surface area (Å²) >= 11 is 2.99. The van der Waals surface area contributed by atoms with E-state index in [9.17, 15) is 4.39 Å². The van der Waals surface area contributed by atoms with E-state index in [0.717, 1.165) is 22.1 Å². The van der Waals surface area contributed by atoms with Crippen LogP contribution in [-0.4, -0.2) is 15.1 Å². The molecule has 96 valence electrons. The number of halogens is 1. The highest BCUT2D eigenvalue weighted by molar-refractivity contribution is 8.00. The third-order valence-corrected chi connectivity index (χ3v) is 4.44. The summed E-state index contributed by atoms with van der Waals surface area (Å²) in [4.78, 5) is 4.36. The van der Waals surface area contributed by atoms with Gasteiger partial charge in [0.05, 0.1) is 0 Å². The smallest absolute Gasteiger partial charge is 0.170 e. The van der Waals surface area contributed by atoms with E-state index >= 15 is 0 Å². The Labute approximate surface area is 114 Å². The van der Waals surface area contributed by atoms with Crippen LogP contribution in [0.2, 0.25) is 0 Å². The summed E-state index contributed by atoms with van der Waals surface area (Å²) in [5.41, 5.74) is 6.98. The lowest BCUT2D eigenvalue weighted by atomic mass is 10.1. The van der Waals surface area contributed by atoms with Gasteiger partial charge in [0.15, 0.2) is 4.34 Å². The Bertz CT molecular complexity index is 498. The molecule has 1 unspecified atom stereocenters. The van der Waals surface area contributed by atoms with Gasteiger partial charge in [0.1, 0.15) is 11.6 Å². The Morgan fingerprint density at radius 2 is 2.11 bits per heavy atom. The summed E-state index contributed by atoms with van der Waals surface area (Å²) in [5, 5.41) is 0. The van der Waals surface area contributed by atoms with Crippen molar-refractivity contribution in [1.29, 1.82) is 0 Å². The third kappa shape index (κ3) is 3.51. The Morgan fingerprint density at radius 1 is 1.39 bits per heavy atom. The monoisotopic (exact) mass is 283 g/mol. The molecular weight excluding hydrogens is 269 g/mol. The van der Waals surface area contributed by atoms with Crippen molar-refractivity contribution in [3.05, 3.63) is 41.5 Å². The Kier molecular flexibility index (Phi) is 4.68. The van der Waals surface area contributed by atoms with Gasteiger partial charge in [0, 0.05) is 18.2 Å². The molecule has 0 aliphatic rings. The third-order valence-electron chi connectivity index (χ3n) is 2.45. The standard InChI is InChI=1S/C12H14FN3S2/c1-2-11-15-12(18-16-11)17-7-10(14)8-3-5-9(13)6-4-8/h3-6,10H,2,7,14H2,1H3. The van der Waals surface area contributed by atoms with E-state index in [1.165, 1.54) is 23.7 Å². The first-order chi connectivity index (χ1) is 8.69. The van der Waals surface area contributed by atoms with Gasteiger partial charge in [-0.2, -0.15) is 4.37 Å². The first kappa shape index (κ1) is 13.5. The minimum atomic E-state index is -0.240. The summed E-state index contributed by atoms with van der Waals surface area (Å²) < 4.78 is 17.9. The normalized spacial score (nSPS) is 12.6. The molecule has 0 spiro atoms. The zero-order valence-corrected chi connectivity index (χ0v) is 11.6. The molecule has 0 radical (unpaired) electrons. The van der Waals surface area contributed by atoms with Crippen molar-refractivity contribution in [2.75, 3.05) is 5.75 Å². The van der Waals surface area contributed by atoms with Gasteiger partial charge in [-0.05, 0) is 29.2 Å². The fourth-order valence-electron chi connectivity index (χ4n) is 1.41. The van der Waals surface area contributed by atoms with Crippen molar-refractivity contribution in [1.82, 2.24) is 9.36 Å². The zero-order chi connectivity index (χ0) is 13.0. The number of rotatable bonds is 5. The van der Waals surface area contributed by atoms with Crippen molar-refractivity contribution in [3.8, 4) is 0 Å². The first-order valence-corrected chi connectivity index (χ1v) is 7.41. The molecule has 18 heavy (non-hydrogen) atoms. The highest BCUT2D eigenvalue weighted by atomic mass is 32.2. The van der Waals surface area contributed by atoms with Crippen molar-refractivity contribution in [2.24, 2.45) is 5.73 Å². The van der Waals surface area contributed by atoms with Crippen molar-refractivity contribution >= 4 is 23.3 Å². The summed E-state index contributed by atoms with van der Waals surface area (Å²) in [6.45, 7) is 2.03. The second-order valence-corrected chi connectivity index (χ2v) is 5.82. The van der Waals surface area contributed by atoms with Gasteiger partial charge in [-0.25, -0.2) is 9.37 Å². The molecule has 1 atom stereocenters. The molecule has 0 bridgehead atoms. The Morgan fingerprint density at radius 3 is 2.72 bits per heavy atom. The van der Waals surface area contributed by atoms with Crippen LogP contribution in [0.25, 0.3) is 0 Å². The maximum absolute atomic E-state index is 12.8. The molecule has 0 aliphatic heterocycles. The molecule has 0 saturated heterocycles. The van der Waals surface area contributed by atoms with Crippen molar-refractivity contribution < 1.29 is 4.39 Å². The molecule has 2 rings (SSSR count). The van der Waals surface area contributed by atoms with Gasteiger partial charge in [-0.1, -0.05) is 30.8 Å². The zero-order valence-electron chi connectivity index (χ0n) is 9.97. The fraction of sp³-hybridized carbons (Fsp3) is 0.333. The number of hydrogen-bond donors (Lipinski definition) is 1. The number of nitrogens with two attached hydrogens (primary N) is 1. The number of aromatic nitrogens is 2. The molecule has 1 aromatic carbocycles. The van der Waals surface area contributed by atoms with Crippen LogP contribution in [0.4, 0.5) is 4.39 Å². The van der Waals surface area contributed by atoms with E-state index in [-0.39, 0.29) is 11.9 Å². The molecule has 1 heterocycles. The van der Waals surface area contributed by atoms with Gasteiger partial charge in [0.2, 0.25) is 0 Å². The maximum Gasteiger partial charge on any atom is 0.170 e. The van der Waals surface area contributed by atoms with E-state index in [4.69, 9.17) is 5.73 Å². The van der Waals surface area contributed by atoms with Crippen LogP contribution in [0.5, 0.6) is 0 Å². The predicted molar refractivity (Wildman–Crippen MR) is 73.3 cm³/mol. The molecular formula is C12H14FN3S2. The van der Waals surface area contributed by atoms with E-state index in [2.05, 4.69) is 9.36 Å². The van der Waals surface area contributed by atoms with E-state index < -0.39 is 0 Å². The van der Waals surface area contributed by atoms with Crippen LogP contribution >= 0.6 is 23.3 Å². The lowest BCUT2D eigenvalue weighted by Crippen LogP contribution is -2.12. The molecule has 6 heteroatoms. The van der Waals surface area contributed by atoms with Crippen LogP contribution in [0.3, 0.4) is 0 Å². The largest absolute Gasteiger partial charge is 0.323 e. The molecule has 0 amide bonds. The van der Waals surface area contributed by atoms with E-state index in [1.54, 1.807) is 23.9 Å². The van der Waals surface area contributed by atoms with Crippen molar-refractivity contribution in [3.63, 3.8) is 0 Å². The predicted octanol–water partition coefficient (Wildman–Crippen LogP) is 3.03. The molecule has 0 saturated carbocycles. The quantitative estimate of drug-likeness (QED) is 0.857. The Balaban J connectivity index is 1.91. The second kappa shape index (κ2) is 6.26. The maximum atomic E-state index is 12.8. The van der Waals surface area contributed by atoms with Gasteiger partial charge in [-0.15, -0.1) is 0 Å². The second-order valence-electron chi connectivity index (χ2n) is 3.80. The Hall–Kier alpha value is -0.980. The van der Waals surface area contributed by atoms with Crippen LogP contribution in [0.1, 0.15) is 24.4 Å². The minimum Gasteiger partial charge on any atom is -0.323 e. The first-order valence-electron chi connectivity index (χ1n) is 5.65. The van der Waals surface area contributed by atoms with Crippen LogP contribution in [0, 0.1) is 5.82 Å². The SMILES string of the molecule is CCc1nsc(SCC(N)c2ccc(F)cc2)n1. The van der Waals surface area contributed by atoms with Crippen LogP contribution in [-0.2, 0) is 6.42 Å². The van der Waals surface area contributed by atoms with Crippen molar-refractivity contribution in [2.45, 2.75) is 23.7 Å². The van der Waals surface area contributed by atoms with E-state index in [0.29, 0.717) is 5.75 Å². The van der Waals surface area contributed by atoms with Gasteiger partial charge < -0.3 is 5.73 Å². The van der Waals surface area contributed by atoms with Gasteiger partial charge in [0.25, 0.3) is 0 Å². The minimum absolute atomic E-state index is 0.121. The lowest BCUT2D eigenvalue weighted by molar-refractivity contribution is 0.626. The van der Waals surface area contributed by atoms with E-state index in [1.807, 2.05) is 6.92 Å². The average Bonchev–Trinajstić information content (AvgIpc) is 2.85. The molecule has 1 aromatic heterocycles. The number of benzene rings is 1. The fourth-order valence-corrected chi connectivity index (χ4v) is 3.12. The molecule has 0 aliphatic carbocycles. The molecule has 3 nitrogen and oxygen atoms in total. The van der Waals surface area contributed by atoms with Crippen LogP contribution in [0.15, 0.2) is 28.6 Å². The number of thioether (sulfide) groups is 1. The highest BCUT2D eigenvalue weighted by Crippen LogP contribution is 2.25. The number of nitrogens with zero attached hydrogens (tertiary/aromatic N) is 2. The molecule has 2 N–H and O–H groups in total. The summed E-state index contributed by atoms with van der Waals surface area (Å²) in [5.74, 6) is 1.34. The lowest BCUT2D eigenvalue weighted by Gasteiger charge is -2.10. The summed E-state index contributed by atoms with van der Waals surface area (Å²) in [7, 11) is 0. The number of hydrogen-bond acceptors (Lipinski definition) is 5. The van der Waals surface area contributed by atoms with Crippen LogP contribution < -0.4 is 5.73 Å². The number of aryl methyl sites for hydroxylation is 1. The molecule has 0 fully saturated rings. The summed E-state index contributed by atoms with van der Waals surface area (Å²) in [6.07, 6.45) is 0.848. The summed E-state index contributed by atoms with van der Waals surface area (Å²) in [6, 6.07) is 6.18.